The van der Waals surface area contributed by atoms with E-state index >= 15 is 0 Å². The Morgan fingerprint density at radius 1 is 1.50 bits per heavy atom. The van der Waals surface area contributed by atoms with Crippen LogP contribution in [-0.4, -0.2) is 29.2 Å². The van der Waals surface area contributed by atoms with Crippen LogP contribution in [0.3, 0.4) is 0 Å². The van der Waals surface area contributed by atoms with E-state index in [1.807, 2.05) is 27.7 Å². The van der Waals surface area contributed by atoms with Gasteiger partial charge in [-0.05, 0) is 26.2 Å². The molecule has 0 saturated carbocycles. The Labute approximate surface area is 85.9 Å². The van der Waals surface area contributed by atoms with E-state index in [1.165, 1.54) is 0 Å². The third-order valence-corrected chi connectivity index (χ3v) is 2.22. The Morgan fingerprint density at radius 3 is 2.36 bits per heavy atom. The van der Waals surface area contributed by atoms with Crippen molar-refractivity contribution in [1.29, 1.82) is 0 Å². The molecule has 0 aromatic carbocycles. The summed E-state index contributed by atoms with van der Waals surface area (Å²) in [6, 6.07) is -0.479. The van der Waals surface area contributed by atoms with Gasteiger partial charge in [0.15, 0.2) is 0 Å². The van der Waals surface area contributed by atoms with Gasteiger partial charge in [0.05, 0.1) is 6.04 Å². The highest BCUT2D eigenvalue weighted by molar-refractivity contribution is 5.82. The molecule has 4 N–H and O–H groups in total. The zero-order chi connectivity index (χ0) is 11.4. The van der Waals surface area contributed by atoms with Gasteiger partial charge in [-0.1, -0.05) is 13.8 Å². The number of rotatable bonds is 5. The van der Waals surface area contributed by atoms with Crippen molar-refractivity contribution in [2.45, 2.75) is 45.7 Å². The van der Waals surface area contributed by atoms with Gasteiger partial charge in [-0.2, -0.15) is 0 Å². The van der Waals surface area contributed by atoms with Gasteiger partial charge in [-0.3, -0.25) is 4.79 Å². The lowest BCUT2D eigenvalue weighted by atomic mass is 9.98. The smallest absolute Gasteiger partial charge is 0.237 e. The van der Waals surface area contributed by atoms with Crippen LogP contribution in [0, 0.1) is 5.92 Å². The standard InChI is InChI=1S/C10H22N2O2/c1-7(2)8(11)9(14)12-10(3,4)5-6-13/h7-8,13H,5-6,11H2,1-4H3,(H,12,14)/t8-/m1/s1. The van der Waals surface area contributed by atoms with E-state index in [-0.39, 0.29) is 18.4 Å². The van der Waals surface area contributed by atoms with E-state index in [4.69, 9.17) is 10.8 Å². The third-order valence-electron chi connectivity index (χ3n) is 2.22. The largest absolute Gasteiger partial charge is 0.396 e. The SMILES string of the molecule is CC(C)[C@@H](N)C(=O)NC(C)(C)CCO. The topological polar surface area (TPSA) is 75.4 Å². The molecule has 1 atom stereocenters. The number of hydrogen-bond acceptors (Lipinski definition) is 3. The normalized spacial score (nSPS) is 14.2. The van der Waals surface area contributed by atoms with Crippen LogP contribution in [-0.2, 0) is 4.79 Å². The summed E-state index contributed by atoms with van der Waals surface area (Å²) < 4.78 is 0. The highest BCUT2D eigenvalue weighted by atomic mass is 16.3. The molecular formula is C10H22N2O2. The molecule has 4 heteroatoms. The lowest BCUT2D eigenvalue weighted by Gasteiger charge is -2.28. The van der Waals surface area contributed by atoms with E-state index in [0.717, 1.165) is 0 Å². The summed E-state index contributed by atoms with van der Waals surface area (Å²) in [6.45, 7) is 7.61. The van der Waals surface area contributed by atoms with Gasteiger partial charge in [0, 0.05) is 12.1 Å². The lowest BCUT2D eigenvalue weighted by molar-refractivity contribution is -0.125. The van der Waals surface area contributed by atoms with Gasteiger partial charge < -0.3 is 16.2 Å². The molecule has 14 heavy (non-hydrogen) atoms. The van der Waals surface area contributed by atoms with Crippen molar-refractivity contribution in [1.82, 2.24) is 5.32 Å². The first kappa shape index (κ1) is 13.4. The summed E-state index contributed by atoms with van der Waals surface area (Å²) in [6.07, 6.45) is 0.531. The van der Waals surface area contributed by atoms with Crippen molar-refractivity contribution in [2.24, 2.45) is 11.7 Å². The summed E-state index contributed by atoms with van der Waals surface area (Å²) in [5, 5.41) is 11.6. The maximum absolute atomic E-state index is 11.6. The molecule has 0 radical (unpaired) electrons. The van der Waals surface area contributed by atoms with Crippen LogP contribution in [0.1, 0.15) is 34.1 Å². The van der Waals surface area contributed by atoms with Crippen LogP contribution >= 0.6 is 0 Å². The molecule has 0 saturated heterocycles. The van der Waals surface area contributed by atoms with E-state index in [9.17, 15) is 4.79 Å². The van der Waals surface area contributed by atoms with Crippen molar-refractivity contribution in [3.63, 3.8) is 0 Å². The van der Waals surface area contributed by atoms with Gasteiger partial charge in [0.1, 0.15) is 0 Å². The maximum Gasteiger partial charge on any atom is 0.237 e. The number of nitrogens with one attached hydrogen (secondary N) is 1. The lowest BCUT2D eigenvalue weighted by Crippen LogP contribution is -2.52. The van der Waals surface area contributed by atoms with Gasteiger partial charge >= 0.3 is 0 Å². The molecule has 0 bridgehead atoms. The summed E-state index contributed by atoms with van der Waals surface area (Å²) in [5.74, 6) is -0.0293. The fourth-order valence-corrected chi connectivity index (χ4v) is 1.06. The average Bonchev–Trinajstić information content (AvgIpc) is 2.01. The zero-order valence-corrected chi connectivity index (χ0v) is 9.50. The molecule has 84 valence electrons. The maximum atomic E-state index is 11.6. The molecule has 0 spiro atoms. The number of aliphatic hydroxyl groups excluding tert-OH is 1. The summed E-state index contributed by atoms with van der Waals surface area (Å²) in [5.41, 5.74) is 5.30. The molecule has 0 aliphatic rings. The third kappa shape index (κ3) is 4.58. The van der Waals surface area contributed by atoms with E-state index in [2.05, 4.69) is 5.32 Å². The summed E-state index contributed by atoms with van der Waals surface area (Å²) in [4.78, 5) is 11.6. The Hall–Kier alpha value is -0.610. The van der Waals surface area contributed by atoms with Gasteiger partial charge in [-0.15, -0.1) is 0 Å². The van der Waals surface area contributed by atoms with Gasteiger partial charge in [0.25, 0.3) is 0 Å². The summed E-state index contributed by atoms with van der Waals surface area (Å²) >= 11 is 0. The zero-order valence-electron chi connectivity index (χ0n) is 9.50. The van der Waals surface area contributed by atoms with Crippen molar-refractivity contribution in [2.75, 3.05) is 6.61 Å². The predicted octanol–water partition coefficient (Wildman–Crippen LogP) is 0.247. The number of carbonyl (C=O) groups excluding carboxylic acids is 1. The van der Waals surface area contributed by atoms with Crippen LogP contribution in [0.15, 0.2) is 0 Å². The highest BCUT2D eigenvalue weighted by Crippen LogP contribution is 2.08. The summed E-state index contributed by atoms with van der Waals surface area (Å²) in [7, 11) is 0. The minimum atomic E-state index is -0.479. The second kappa shape index (κ2) is 5.32. The second-order valence-corrected chi connectivity index (χ2v) is 4.62. The van der Waals surface area contributed by atoms with E-state index in [1.54, 1.807) is 0 Å². The molecule has 0 aliphatic heterocycles. The average molecular weight is 202 g/mol. The van der Waals surface area contributed by atoms with E-state index in [0.29, 0.717) is 6.42 Å². The fraction of sp³-hybridized carbons (Fsp3) is 0.900. The molecule has 0 aliphatic carbocycles. The number of nitrogens with two attached hydrogens (primary N) is 1. The second-order valence-electron chi connectivity index (χ2n) is 4.62. The predicted molar refractivity (Wildman–Crippen MR) is 56.7 cm³/mol. The Balaban J connectivity index is 4.17. The number of aliphatic hydroxyl groups is 1. The Bertz CT molecular complexity index is 191. The minimum absolute atomic E-state index is 0.0597. The fourth-order valence-electron chi connectivity index (χ4n) is 1.06. The number of carbonyl (C=O) groups is 1. The van der Waals surface area contributed by atoms with Gasteiger partial charge in [0.2, 0.25) is 5.91 Å². The molecule has 0 aromatic rings. The molecular weight excluding hydrogens is 180 g/mol. The Kier molecular flexibility index (Phi) is 5.08. The van der Waals surface area contributed by atoms with Crippen LogP contribution in [0.2, 0.25) is 0 Å². The van der Waals surface area contributed by atoms with Crippen molar-refractivity contribution < 1.29 is 9.90 Å². The molecule has 0 rings (SSSR count). The van der Waals surface area contributed by atoms with Crippen molar-refractivity contribution in [3.8, 4) is 0 Å². The first-order valence-corrected chi connectivity index (χ1v) is 4.98. The van der Waals surface area contributed by atoms with Crippen molar-refractivity contribution >= 4 is 5.91 Å². The first-order chi connectivity index (χ1) is 6.30. The van der Waals surface area contributed by atoms with Crippen molar-refractivity contribution in [3.05, 3.63) is 0 Å². The van der Waals surface area contributed by atoms with Gasteiger partial charge in [-0.25, -0.2) is 0 Å². The molecule has 4 nitrogen and oxygen atoms in total. The number of amides is 1. The molecule has 0 unspecified atom stereocenters. The molecule has 0 aromatic heterocycles. The minimum Gasteiger partial charge on any atom is -0.396 e. The van der Waals surface area contributed by atoms with Crippen LogP contribution in [0.5, 0.6) is 0 Å². The first-order valence-electron chi connectivity index (χ1n) is 4.98. The quantitative estimate of drug-likeness (QED) is 0.598. The Morgan fingerprint density at radius 2 is 2.00 bits per heavy atom. The van der Waals surface area contributed by atoms with E-state index < -0.39 is 11.6 Å². The monoisotopic (exact) mass is 202 g/mol. The number of hydrogen-bond donors (Lipinski definition) is 3. The molecule has 0 fully saturated rings. The van der Waals surface area contributed by atoms with Crippen LogP contribution in [0.4, 0.5) is 0 Å². The highest BCUT2D eigenvalue weighted by Gasteiger charge is 2.24. The molecule has 0 heterocycles. The van der Waals surface area contributed by atoms with Crippen LogP contribution < -0.4 is 11.1 Å². The molecule has 1 amide bonds. The van der Waals surface area contributed by atoms with Crippen LogP contribution in [0.25, 0.3) is 0 Å².